The van der Waals surface area contributed by atoms with Gasteiger partial charge in [0.15, 0.2) is 5.58 Å². The maximum absolute atomic E-state index is 12.0. The summed E-state index contributed by atoms with van der Waals surface area (Å²) in [6, 6.07) is 16.9. The van der Waals surface area contributed by atoms with Gasteiger partial charge in [0.25, 0.3) is 0 Å². The lowest BCUT2D eigenvalue weighted by Gasteiger charge is -2.01. The van der Waals surface area contributed by atoms with Crippen LogP contribution in [0.5, 0.6) is 0 Å². The first kappa shape index (κ1) is 16.4. The number of pyridine rings is 1. The van der Waals surface area contributed by atoms with E-state index in [1.54, 1.807) is 24.4 Å². The Hall–Kier alpha value is -3.80. The highest BCUT2D eigenvalue weighted by atomic mass is 16.5. The van der Waals surface area contributed by atoms with Gasteiger partial charge in [-0.25, -0.2) is 14.8 Å². The van der Waals surface area contributed by atoms with Crippen LogP contribution in [0, 0.1) is 0 Å². The van der Waals surface area contributed by atoms with Gasteiger partial charge >= 0.3 is 5.97 Å². The van der Waals surface area contributed by atoms with Crippen molar-refractivity contribution in [3.63, 3.8) is 0 Å². The molecule has 0 fully saturated rings. The number of para-hydroxylation sites is 2. The molecule has 2 aromatic carbocycles. The standard InChI is InChI=1S/C22H15N3O3/c1-27-22(26)15-8-5-10-18-20(15)25-21(28-18)14-7-4-6-13-12-17(24-19(13)14)16-9-2-3-11-23-16/h2-11H,12H2,1H3. The molecule has 1 aliphatic heterocycles. The van der Waals surface area contributed by atoms with Crippen LogP contribution in [0.25, 0.3) is 22.6 Å². The van der Waals surface area contributed by atoms with Crippen LogP contribution >= 0.6 is 0 Å². The van der Waals surface area contributed by atoms with E-state index in [2.05, 4.69) is 9.97 Å². The van der Waals surface area contributed by atoms with Crippen LogP contribution in [-0.2, 0) is 11.2 Å². The second-order valence-corrected chi connectivity index (χ2v) is 6.43. The van der Waals surface area contributed by atoms with E-state index < -0.39 is 5.97 Å². The van der Waals surface area contributed by atoms with Crippen molar-refractivity contribution in [2.75, 3.05) is 7.11 Å². The number of oxazole rings is 1. The fourth-order valence-electron chi connectivity index (χ4n) is 3.41. The fraction of sp³-hybridized carbons (Fsp3) is 0.0909. The number of hydrogen-bond acceptors (Lipinski definition) is 6. The van der Waals surface area contributed by atoms with Crippen LogP contribution in [0.15, 0.2) is 70.2 Å². The minimum atomic E-state index is -0.445. The summed E-state index contributed by atoms with van der Waals surface area (Å²) in [7, 11) is 1.35. The first-order valence-corrected chi connectivity index (χ1v) is 8.83. The van der Waals surface area contributed by atoms with Crippen molar-refractivity contribution in [2.45, 2.75) is 6.42 Å². The third-order valence-corrected chi connectivity index (χ3v) is 4.74. The van der Waals surface area contributed by atoms with Crippen molar-refractivity contribution in [1.29, 1.82) is 0 Å². The zero-order valence-electron chi connectivity index (χ0n) is 15.0. The first-order valence-electron chi connectivity index (χ1n) is 8.83. The third-order valence-electron chi connectivity index (χ3n) is 4.74. The Kier molecular flexibility index (Phi) is 3.76. The number of ether oxygens (including phenoxy) is 1. The normalized spacial score (nSPS) is 12.7. The molecule has 0 radical (unpaired) electrons. The second-order valence-electron chi connectivity index (χ2n) is 6.43. The van der Waals surface area contributed by atoms with Crippen LogP contribution in [0.4, 0.5) is 5.69 Å². The average molecular weight is 369 g/mol. The van der Waals surface area contributed by atoms with E-state index in [-0.39, 0.29) is 0 Å². The largest absolute Gasteiger partial charge is 0.465 e. The van der Waals surface area contributed by atoms with Gasteiger partial charge in [0.1, 0.15) is 5.52 Å². The number of aliphatic imine (C=N–C) groups is 1. The summed E-state index contributed by atoms with van der Waals surface area (Å²) in [5.41, 5.74) is 5.86. The summed E-state index contributed by atoms with van der Waals surface area (Å²) in [4.78, 5) is 25.8. The quantitative estimate of drug-likeness (QED) is 0.502. The Bertz CT molecular complexity index is 1240. The molecule has 3 heterocycles. The van der Waals surface area contributed by atoms with Gasteiger partial charge in [-0.3, -0.25) is 4.98 Å². The number of benzene rings is 2. The molecule has 1 aliphatic rings. The maximum Gasteiger partial charge on any atom is 0.340 e. The van der Waals surface area contributed by atoms with Crippen molar-refractivity contribution in [3.05, 3.63) is 77.6 Å². The molecule has 0 saturated heterocycles. The fourth-order valence-corrected chi connectivity index (χ4v) is 3.41. The zero-order chi connectivity index (χ0) is 19.1. The average Bonchev–Trinajstić information content (AvgIpc) is 3.37. The van der Waals surface area contributed by atoms with Crippen molar-refractivity contribution in [3.8, 4) is 11.5 Å². The minimum absolute atomic E-state index is 0.375. The van der Waals surface area contributed by atoms with E-state index in [9.17, 15) is 4.79 Å². The lowest BCUT2D eigenvalue weighted by atomic mass is 10.0. The predicted molar refractivity (Wildman–Crippen MR) is 105 cm³/mol. The Labute approximate surface area is 160 Å². The first-order chi connectivity index (χ1) is 13.7. The van der Waals surface area contributed by atoms with Crippen LogP contribution in [0.2, 0.25) is 0 Å². The molecule has 0 aliphatic carbocycles. The number of aromatic nitrogens is 2. The lowest BCUT2D eigenvalue weighted by molar-refractivity contribution is 0.0602. The van der Waals surface area contributed by atoms with Crippen LogP contribution in [0.1, 0.15) is 21.6 Å². The van der Waals surface area contributed by atoms with Crippen LogP contribution < -0.4 is 0 Å². The molecule has 136 valence electrons. The summed E-state index contributed by atoms with van der Waals surface area (Å²) in [5, 5.41) is 0. The molecule has 5 rings (SSSR count). The van der Waals surface area contributed by atoms with E-state index in [4.69, 9.17) is 14.1 Å². The third kappa shape index (κ3) is 2.58. The van der Waals surface area contributed by atoms with Crippen molar-refractivity contribution >= 4 is 28.5 Å². The van der Waals surface area contributed by atoms with Crippen LogP contribution in [0.3, 0.4) is 0 Å². The van der Waals surface area contributed by atoms with Gasteiger partial charge in [0.05, 0.1) is 35.3 Å². The van der Waals surface area contributed by atoms with E-state index >= 15 is 0 Å². The molecule has 6 nitrogen and oxygen atoms in total. The number of rotatable bonds is 3. The highest BCUT2D eigenvalue weighted by molar-refractivity contribution is 6.07. The second kappa shape index (κ2) is 6.42. The van der Waals surface area contributed by atoms with Gasteiger partial charge in [-0.15, -0.1) is 0 Å². The van der Waals surface area contributed by atoms with Gasteiger partial charge in [0, 0.05) is 12.6 Å². The van der Waals surface area contributed by atoms with Crippen molar-refractivity contribution < 1.29 is 13.9 Å². The van der Waals surface area contributed by atoms with Gasteiger partial charge in [0.2, 0.25) is 5.89 Å². The highest BCUT2D eigenvalue weighted by Crippen LogP contribution is 2.39. The van der Waals surface area contributed by atoms with Gasteiger partial charge in [-0.2, -0.15) is 0 Å². The predicted octanol–water partition coefficient (Wildman–Crippen LogP) is 4.35. The minimum Gasteiger partial charge on any atom is -0.465 e. The Morgan fingerprint density at radius 2 is 1.96 bits per heavy atom. The molecule has 28 heavy (non-hydrogen) atoms. The SMILES string of the molecule is COC(=O)c1cccc2oc(-c3cccc4c3N=C(c3ccccn3)C4)nc12. The molecule has 0 amide bonds. The number of esters is 1. The number of nitrogens with zero attached hydrogens (tertiary/aromatic N) is 3. The molecule has 6 heteroatoms. The summed E-state index contributed by atoms with van der Waals surface area (Å²) < 4.78 is 10.8. The Balaban J connectivity index is 1.64. The molecule has 0 N–H and O–H groups in total. The van der Waals surface area contributed by atoms with E-state index in [1.807, 2.05) is 36.4 Å². The number of carbonyl (C=O) groups is 1. The molecule has 0 bridgehead atoms. The van der Waals surface area contributed by atoms with Gasteiger partial charge in [-0.05, 0) is 35.9 Å². The summed E-state index contributed by atoms with van der Waals surface area (Å²) >= 11 is 0. The van der Waals surface area contributed by atoms with Gasteiger partial charge in [-0.1, -0.05) is 24.3 Å². The topological polar surface area (TPSA) is 77.6 Å². The monoisotopic (exact) mass is 369 g/mol. The number of carbonyl (C=O) groups excluding carboxylic acids is 1. The summed E-state index contributed by atoms with van der Waals surface area (Å²) in [6.45, 7) is 0. The van der Waals surface area contributed by atoms with E-state index in [0.29, 0.717) is 29.0 Å². The Morgan fingerprint density at radius 1 is 1.07 bits per heavy atom. The molecule has 0 saturated carbocycles. The van der Waals surface area contributed by atoms with E-state index in [1.165, 1.54) is 7.11 Å². The summed E-state index contributed by atoms with van der Waals surface area (Å²) in [6.07, 6.45) is 2.46. The molecule has 2 aromatic heterocycles. The van der Waals surface area contributed by atoms with Crippen LogP contribution in [-0.4, -0.2) is 28.8 Å². The number of fused-ring (bicyclic) bond motifs is 2. The smallest absolute Gasteiger partial charge is 0.340 e. The van der Waals surface area contributed by atoms with E-state index in [0.717, 1.165) is 28.2 Å². The molecule has 0 spiro atoms. The maximum atomic E-state index is 12.0. The number of hydrogen-bond donors (Lipinski definition) is 0. The number of methoxy groups -OCH3 is 1. The highest BCUT2D eigenvalue weighted by Gasteiger charge is 2.23. The molecular formula is C22H15N3O3. The summed E-state index contributed by atoms with van der Waals surface area (Å²) in [5.74, 6) is -0.0200. The zero-order valence-corrected chi connectivity index (χ0v) is 15.0. The lowest BCUT2D eigenvalue weighted by Crippen LogP contribution is -2.02. The molecular weight excluding hydrogens is 354 g/mol. The molecule has 4 aromatic rings. The van der Waals surface area contributed by atoms with Crippen molar-refractivity contribution in [1.82, 2.24) is 9.97 Å². The van der Waals surface area contributed by atoms with Gasteiger partial charge < -0.3 is 9.15 Å². The molecule has 0 atom stereocenters. The molecule has 0 unspecified atom stereocenters. The Morgan fingerprint density at radius 3 is 2.79 bits per heavy atom. The van der Waals surface area contributed by atoms with Crippen molar-refractivity contribution in [2.24, 2.45) is 4.99 Å².